The van der Waals surface area contributed by atoms with Crippen LogP contribution in [0.3, 0.4) is 0 Å². The number of carbonyl (C=O) groups excluding carboxylic acids is 2. The topological polar surface area (TPSA) is 61.8 Å². The summed E-state index contributed by atoms with van der Waals surface area (Å²) < 4.78 is 78.7. The zero-order chi connectivity index (χ0) is 27.6. The van der Waals surface area contributed by atoms with Crippen LogP contribution in [0.4, 0.5) is 29.5 Å². The van der Waals surface area contributed by atoms with Crippen molar-refractivity contribution in [2.75, 3.05) is 18.5 Å². The number of aliphatic imine (C=N–C) groups is 1. The van der Waals surface area contributed by atoms with Crippen LogP contribution in [0.2, 0.25) is 0 Å². The maximum atomic E-state index is 13.4. The fourth-order valence-electron chi connectivity index (χ4n) is 3.26. The van der Waals surface area contributed by atoms with E-state index in [4.69, 9.17) is 4.79 Å². The molecule has 0 aliphatic heterocycles. The molecule has 1 N–H and O–H groups in total. The molecule has 1 atom stereocenters. The number of nitrogens with zero attached hydrogens (tertiary/aromatic N) is 2. The van der Waals surface area contributed by atoms with Crippen molar-refractivity contribution >= 4 is 35.3 Å². The molecule has 0 heterocycles. The average molecular weight is 536 g/mol. The van der Waals surface area contributed by atoms with E-state index >= 15 is 0 Å². The van der Waals surface area contributed by atoms with E-state index in [1.54, 1.807) is 31.2 Å². The van der Waals surface area contributed by atoms with Crippen LogP contribution in [0.5, 0.6) is 0 Å². The number of hydrogen-bond acceptors (Lipinski definition) is 4. The van der Waals surface area contributed by atoms with Crippen molar-refractivity contribution in [1.29, 1.82) is 0 Å². The Morgan fingerprint density at radius 3 is 2.22 bits per heavy atom. The molecule has 198 valence electrons. The van der Waals surface area contributed by atoms with Crippen molar-refractivity contribution in [2.45, 2.75) is 24.3 Å². The van der Waals surface area contributed by atoms with E-state index in [1.807, 2.05) is 6.79 Å². The van der Waals surface area contributed by atoms with Crippen LogP contribution >= 0.6 is 10.2 Å². The van der Waals surface area contributed by atoms with Crippen molar-refractivity contribution < 1.29 is 33.4 Å². The fourth-order valence-corrected chi connectivity index (χ4v) is 3.91. The summed E-state index contributed by atoms with van der Waals surface area (Å²) in [7, 11) is -8.39. The summed E-state index contributed by atoms with van der Waals surface area (Å²) in [6, 6.07) is 7.12. The average Bonchev–Trinajstić information content (AvgIpc) is 2.79. The van der Waals surface area contributed by atoms with Crippen LogP contribution in [0.25, 0.3) is 0 Å². The maximum Gasteiger partial charge on any atom is 0.310 e. The predicted octanol–water partition coefficient (Wildman–Crippen LogP) is 6.62. The highest BCUT2D eigenvalue weighted by molar-refractivity contribution is 8.45. The van der Waals surface area contributed by atoms with E-state index < -0.39 is 32.9 Å². The summed E-state index contributed by atoms with van der Waals surface area (Å²) in [6.07, 6.45) is 4.86. The van der Waals surface area contributed by atoms with Crippen LogP contribution in [-0.4, -0.2) is 39.0 Å². The quantitative estimate of drug-likeness (QED) is 0.211. The van der Waals surface area contributed by atoms with Crippen LogP contribution in [-0.2, 0) is 16.0 Å². The summed E-state index contributed by atoms with van der Waals surface area (Å²) in [6.45, 7) is 7.22. The monoisotopic (exact) mass is 535 g/mol. The lowest BCUT2D eigenvalue weighted by atomic mass is 10.0. The van der Waals surface area contributed by atoms with Crippen LogP contribution < -0.4 is 10.2 Å². The highest BCUT2D eigenvalue weighted by Gasteiger charge is 2.65. The van der Waals surface area contributed by atoms with Crippen LogP contribution in [0.1, 0.15) is 12.5 Å². The lowest BCUT2D eigenvalue weighted by Gasteiger charge is -2.40. The van der Waals surface area contributed by atoms with Crippen LogP contribution in [0.15, 0.2) is 82.3 Å². The fraction of sp³-hybridized carbons (Fsp3) is 0.208. The number of hydrogen-bond donors (Lipinski definition) is 1. The zero-order valence-corrected chi connectivity index (χ0v) is 20.5. The minimum atomic E-state index is -9.82. The van der Waals surface area contributed by atoms with E-state index in [0.29, 0.717) is 17.6 Å². The molecule has 1 amide bonds. The molecule has 2 aromatic rings. The molecule has 0 saturated carbocycles. The molecule has 0 aromatic heterocycles. The summed E-state index contributed by atoms with van der Waals surface area (Å²) in [5.74, 6) is -0.935. The third-order valence-corrected chi connectivity index (χ3v) is 6.01. The molecule has 12 heteroatoms. The molecule has 0 fully saturated rings. The molecule has 0 aliphatic rings. The van der Waals surface area contributed by atoms with Gasteiger partial charge in [0.05, 0.1) is 0 Å². The molecule has 0 saturated heterocycles. The third kappa shape index (κ3) is 8.91. The number of nitrogens with one attached hydrogen (secondary N) is 1. The van der Waals surface area contributed by atoms with Gasteiger partial charge < -0.3 is 15.0 Å². The smallest absolute Gasteiger partial charge is 0.310 e. The molecule has 0 aliphatic carbocycles. The Hall–Kier alpha value is -3.54. The lowest BCUT2D eigenvalue weighted by molar-refractivity contribution is -0.121. The number of anilines is 1. The van der Waals surface area contributed by atoms with Crippen LogP contribution in [0, 0.1) is 5.82 Å². The van der Waals surface area contributed by atoms with Gasteiger partial charge in [0.15, 0.2) is 0 Å². The number of allylic oxidation sites excluding steroid dienone is 1. The first-order valence-corrected chi connectivity index (χ1v) is 12.3. The van der Waals surface area contributed by atoms with Gasteiger partial charge in [-0.2, -0.15) is 0 Å². The Morgan fingerprint density at radius 1 is 1.11 bits per heavy atom. The highest BCUT2D eigenvalue weighted by Crippen LogP contribution is 3.02. The molecule has 5 nitrogen and oxygen atoms in total. The first-order valence-electron chi connectivity index (χ1n) is 10.3. The first kappa shape index (κ1) is 30.5. The van der Waals surface area contributed by atoms with Gasteiger partial charge in [-0.25, -0.2) is 4.39 Å². The van der Waals surface area contributed by atoms with E-state index in [-0.39, 0.29) is 24.4 Å². The Kier molecular flexibility index (Phi) is 9.71. The van der Waals surface area contributed by atoms with Crippen molar-refractivity contribution in [2.24, 2.45) is 4.99 Å². The second-order valence-electron chi connectivity index (χ2n) is 7.46. The second-order valence-corrected chi connectivity index (χ2v) is 9.87. The van der Waals surface area contributed by atoms with E-state index in [9.17, 15) is 28.6 Å². The molecule has 0 spiro atoms. The molecule has 0 bridgehead atoms. The van der Waals surface area contributed by atoms with Crippen molar-refractivity contribution in [3.05, 3.63) is 83.8 Å². The van der Waals surface area contributed by atoms with Crippen molar-refractivity contribution in [3.8, 4) is 0 Å². The number of amides is 1. The highest BCUT2D eigenvalue weighted by atomic mass is 32.5. The number of halogens is 6. The second kappa shape index (κ2) is 11.5. The molecule has 0 radical (unpaired) electrons. The van der Waals surface area contributed by atoms with E-state index in [2.05, 4.69) is 17.0 Å². The zero-order valence-electron chi connectivity index (χ0n) is 19.6. The minimum Gasteiger partial charge on any atom is -0.359 e. The largest absolute Gasteiger partial charge is 0.359 e. The number of benzene rings is 2. The standard InChI is InChI=1S/C23H25F6N3OS.CH2O/c1-4-6-18(16-30-2)22(23(33)31-14-13-17-7-5-8-19(24)15-17)32(3)20-9-11-21(12-10-20)34(25,26,27,28)29;1-2/h4-12,15-16,22H,2,13-14H2,1,3H3,(H,31,33);1H2/b6-4-,18-16+;. The Morgan fingerprint density at radius 2 is 1.72 bits per heavy atom. The molecular formula is C24H27F6N3O2S. The van der Waals surface area contributed by atoms with Crippen molar-refractivity contribution in [1.82, 2.24) is 5.32 Å². The molecule has 1 unspecified atom stereocenters. The third-order valence-electron chi connectivity index (χ3n) is 4.84. The number of rotatable bonds is 10. The summed E-state index contributed by atoms with van der Waals surface area (Å²) >= 11 is 0. The number of likely N-dealkylation sites (N-methyl/N-ethyl adjacent to an activating group) is 1. The molecule has 36 heavy (non-hydrogen) atoms. The molecule has 2 rings (SSSR count). The van der Waals surface area contributed by atoms with Crippen molar-refractivity contribution in [3.63, 3.8) is 0 Å². The Bertz CT molecular complexity index is 1120. The first-order chi connectivity index (χ1) is 16.7. The molecule has 2 aromatic carbocycles. The summed E-state index contributed by atoms with van der Waals surface area (Å²) in [5, 5.41) is 2.71. The minimum absolute atomic E-state index is 0.0929. The summed E-state index contributed by atoms with van der Waals surface area (Å²) in [4.78, 5) is 24.1. The maximum absolute atomic E-state index is 13.4. The Balaban J connectivity index is 0.00000316. The van der Waals surface area contributed by atoms with Gasteiger partial charge in [-0.3, -0.25) is 9.79 Å². The summed E-state index contributed by atoms with van der Waals surface area (Å²) in [5.41, 5.74) is 1.11. The van der Waals surface area contributed by atoms with Gasteiger partial charge in [-0.05, 0) is 62.0 Å². The predicted molar refractivity (Wildman–Crippen MR) is 133 cm³/mol. The van der Waals surface area contributed by atoms with Gasteiger partial charge in [-0.1, -0.05) is 43.7 Å². The molecular weight excluding hydrogens is 508 g/mol. The van der Waals surface area contributed by atoms with Gasteiger partial charge in [0, 0.05) is 31.1 Å². The van der Waals surface area contributed by atoms with Gasteiger partial charge in [-0.15, -0.1) is 0 Å². The van der Waals surface area contributed by atoms with E-state index in [1.165, 1.54) is 30.3 Å². The van der Waals surface area contributed by atoms with Gasteiger partial charge in [0.25, 0.3) is 0 Å². The number of carbonyl (C=O) groups is 2. The van der Waals surface area contributed by atoms with Gasteiger partial charge >= 0.3 is 10.2 Å². The van der Waals surface area contributed by atoms with E-state index in [0.717, 1.165) is 12.1 Å². The van der Waals surface area contributed by atoms with Gasteiger partial charge in [0.1, 0.15) is 23.5 Å². The lowest BCUT2D eigenvalue weighted by Crippen LogP contribution is -2.47. The van der Waals surface area contributed by atoms with Gasteiger partial charge in [0.2, 0.25) is 5.91 Å². The normalized spacial score (nSPS) is 14.6. The SMILES string of the molecule is C=N/C=C(\C=C/C)C(C(=O)NCCc1cccc(F)c1)N(C)c1ccc(S(F)(F)(F)(F)F)cc1.C=O. The Labute approximate surface area is 205 Å².